The van der Waals surface area contributed by atoms with Crippen molar-refractivity contribution < 1.29 is 31.9 Å². The van der Waals surface area contributed by atoms with Crippen molar-refractivity contribution in [3.05, 3.63) is 65.5 Å². The fraction of sp³-hybridized carbons (Fsp3) is 0.375. The van der Waals surface area contributed by atoms with Crippen LogP contribution in [0.2, 0.25) is 0 Å². The summed E-state index contributed by atoms with van der Waals surface area (Å²) in [6, 6.07) is 9.64. The third kappa shape index (κ3) is 5.39. The van der Waals surface area contributed by atoms with Gasteiger partial charge in [-0.25, -0.2) is 9.38 Å². The number of esters is 1. The van der Waals surface area contributed by atoms with Crippen molar-refractivity contribution >= 4 is 23.5 Å². The van der Waals surface area contributed by atoms with Crippen LogP contribution in [0.25, 0.3) is 0 Å². The van der Waals surface area contributed by atoms with Gasteiger partial charge in [-0.05, 0) is 42.8 Å². The van der Waals surface area contributed by atoms with Gasteiger partial charge in [0.1, 0.15) is 11.9 Å². The summed E-state index contributed by atoms with van der Waals surface area (Å²) in [5.74, 6) is -2.74. The number of hydrogen-bond acceptors (Lipinski definition) is 6. The second-order valence-electron chi connectivity index (χ2n) is 8.19. The van der Waals surface area contributed by atoms with Gasteiger partial charge in [-0.1, -0.05) is 18.2 Å². The number of nitrogens with zero attached hydrogens (tertiary/aromatic N) is 3. The van der Waals surface area contributed by atoms with Gasteiger partial charge < -0.3 is 14.5 Å². The molecule has 4 rings (SSSR count). The number of hydrogen-bond donors (Lipinski definition) is 1. The maximum absolute atomic E-state index is 13.5. The van der Waals surface area contributed by atoms with Crippen molar-refractivity contribution in [2.75, 3.05) is 37.7 Å². The maximum Gasteiger partial charge on any atom is 0.416 e. The molecular weight excluding hydrogens is 468 g/mol. The largest absolute Gasteiger partial charge is 0.465 e. The molecule has 2 aromatic rings. The minimum Gasteiger partial charge on any atom is -0.465 e. The Labute approximate surface area is 199 Å². The van der Waals surface area contributed by atoms with Crippen molar-refractivity contribution in [2.24, 2.45) is 10.9 Å². The Bertz CT molecular complexity index is 1110. The maximum atomic E-state index is 13.5. The van der Waals surface area contributed by atoms with Crippen LogP contribution >= 0.6 is 0 Å². The number of carbonyl (C=O) groups excluding carboxylic acids is 2. The van der Waals surface area contributed by atoms with Gasteiger partial charge in [0.05, 0.1) is 12.2 Å². The highest BCUT2D eigenvalue weighted by atomic mass is 19.4. The van der Waals surface area contributed by atoms with Crippen LogP contribution in [0.4, 0.5) is 23.2 Å². The highest BCUT2D eigenvalue weighted by Crippen LogP contribution is 2.33. The molecule has 0 saturated carbocycles. The van der Waals surface area contributed by atoms with Crippen molar-refractivity contribution in [1.29, 1.82) is 0 Å². The average molecular weight is 492 g/mol. The van der Waals surface area contributed by atoms with Crippen LogP contribution in [0.1, 0.15) is 24.1 Å². The smallest absolute Gasteiger partial charge is 0.416 e. The number of amides is 1. The number of rotatable bonds is 4. The summed E-state index contributed by atoms with van der Waals surface area (Å²) >= 11 is 0. The minimum atomic E-state index is -4.43. The standard InChI is InChI=1S/C24H24F4N4O3/c1-2-35-22(34)19-20(15-6-8-17(25)9-7-15)29-23(30-21(19)33)32-12-10-31(11-13-32)18-5-3-4-16(14-18)24(26,27)28/h3-9,14,19-20H,2,10-13H2,1H3,(H,29,30,33)/t19-,20-/m0/s1. The van der Waals surface area contributed by atoms with Gasteiger partial charge in [0.15, 0.2) is 5.92 Å². The summed E-state index contributed by atoms with van der Waals surface area (Å²) in [5, 5.41) is 2.67. The lowest BCUT2D eigenvalue weighted by Gasteiger charge is -2.39. The first kappa shape index (κ1) is 24.5. The molecule has 11 heteroatoms. The first-order valence-corrected chi connectivity index (χ1v) is 11.2. The van der Waals surface area contributed by atoms with E-state index in [2.05, 4.69) is 10.3 Å². The molecule has 0 aliphatic carbocycles. The normalized spacial score (nSPS) is 20.8. The van der Waals surface area contributed by atoms with E-state index in [1.807, 2.05) is 4.90 Å². The van der Waals surface area contributed by atoms with E-state index in [-0.39, 0.29) is 12.6 Å². The molecule has 0 radical (unpaired) electrons. The molecule has 186 valence electrons. The van der Waals surface area contributed by atoms with E-state index < -0.39 is 41.4 Å². The van der Waals surface area contributed by atoms with Crippen LogP contribution in [-0.2, 0) is 20.5 Å². The molecule has 2 aromatic carbocycles. The first-order chi connectivity index (χ1) is 16.7. The number of anilines is 1. The molecule has 2 aliphatic rings. The number of aliphatic imine (C=N–C) groups is 1. The van der Waals surface area contributed by atoms with Crippen LogP contribution in [0.3, 0.4) is 0 Å². The predicted octanol–water partition coefficient (Wildman–Crippen LogP) is 3.37. The van der Waals surface area contributed by atoms with Gasteiger partial charge in [0.2, 0.25) is 11.9 Å². The Kier molecular flexibility index (Phi) is 6.95. The van der Waals surface area contributed by atoms with E-state index in [0.29, 0.717) is 37.4 Å². The number of halogens is 4. The van der Waals surface area contributed by atoms with Gasteiger partial charge >= 0.3 is 12.1 Å². The Morgan fingerprint density at radius 2 is 1.74 bits per heavy atom. The first-order valence-electron chi connectivity index (χ1n) is 11.2. The highest BCUT2D eigenvalue weighted by molar-refractivity contribution is 6.08. The fourth-order valence-corrected chi connectivity index (χ4v) is 4.18. The SMILES string of the molecule is CCOC(=O)[C@@H]1C(=O)NC(N2CCN(c3cccc(C(F)(F)F)c3)CC2)=N[C@H]1c1ccc(F)cc1. The topological polar surface area (TPSA) is 74.2 Å². The third-order valence-corrected chi connectivity index (χ3v) is 5.96. The number of ether oxygens (including phenoxy) is 1. The van der Waals surface area contributed by atoms with Crippen molar-refractivity contribution in [3.63, 3.8) is 0 Å². The summed E-state index contributed by atoms with van der Waals surface area (Å²) in [7, 11) is 0. The molecule has 0 bridgehead atoms. The molecule has 1 saturated heterocycles. The molecule has 1 N–H and O–H groups in total. The van der Waals surface area contributed by atoms with Gasteiger partial charge in [-0.15, -0.1) is 0 Å². The van der Waals surface area contributed by atoms with Crippen LogP contribution in [0.15, 0.2) is 53.5 Å². The van der Waals surface area contributed by atoms with Crippen molar-refractivity contribution in [3.8, 4) is 0 Å². The van der Waals surface area contributed by atoms with Crippen LogP contribution in [-0.4, -0.2) is 55.5 Å². The van der Waals surface area contributed by atoms with Gasteiger partial charge in [0.25, 0.3) is 0 Å². The summed E-state index contributed by atoms with van der Waals surface area (Å²) in [6.45, 7) is 3.29. The van der Waals surface area contributed by atoms with Gasteiger partial charge in [-0.3, -0.25) is 14.9 Å². The zero-order chi connectivity index (χ0) is 25.2. The molecule has 7 nitrogen and oxygen atoms in total. The van der Waals surface area contributed by atoms with Crippen LogP contribution < -0.4 is 10.2 Å². The highest BCUT2D eigenvalue weighted by Gasteiger charge is 2.42. The zero-order valence-electron chi connectivity index (χ0n) is 18.9. The minimum absolute atomic E-state index is 0.0901. The molecule has 2 atom stereocenters. The number of benzene rings is 2. The monoisotopic (exact) mass is 492 g/mol. The number of alkyl halides is 3. The Morgan fingerprint density at radius 1 is 1.09 bits per heavy atom. The molecule has 0 aromatic heterocycles. The number of nitrogens with one attached hydrogen (secondary N) is 1. The van der Waals surface area contributed by atoms with Gasteiger partial charge in [0, 0.05) is 31.9 Å². The molecule has 1 fully saturated rings. The van der Waals surface area contributed by atoms with E-state index in [1.54, 1.807) is 17.9 Å². The summed E-state index contributed by atoms with van der Waals surface area (Å²) < 4.78 is 57.7. The second-order valence-corrected chi connectivity index (χ2v) is 8.19. The molecule has 2 aliphatic heterocycles. The van der Waals surface area contributed by atoms with E-state index in [0.717, 1.165) is 12.1 Å². The Balaban J connectivity index is 1.54. The number of carbonyl (C=O) groups is 2. The van der Waals surface area contributed by atoms with Crippen LogP contribution in [0, 0.1) is 11.7 Å². The molecule has 0 unspecified atom stereocenters. The number of piperazine rings is 1. The van der Waals surface area contributed by atoms with Crippen LogP contribution in [0.5, 0.6) is 0 Å². The van der Waals surface area contributed by atoms with Gasteiger partial charge in [-0.2, -0.15) is 13.2 Å². The predicted molar refractivity (Wildman–Crippen MR) is 120 cm³/mol. The third-order valence-electron chi connectivity index (χ3n) is 5.96. The lowest BCUT2D eigenvalue weighted by atomic mass is 9.91. The van der Waals surface area contributed by atoms with E-state index in [9.17, 15) is 27.2 Å². The van der Waals surface area contributed by atoms with E-state index in [1.165, 1.54) is 30.3 Å². The lowest BCUT2D eigenvalue weighted by Crippen LogP contribution is -2.57. The van der Waals surface area contributed by atoms with Crippen molar-refractivity contribution in [2.45, 2.75) is 19.1 Å². The Hall–Kier alpha value is -3.63. The van der Waals surface area contributed by atoms with Crippen molar-refractivity contribution in [1.82, 2.24) is 10.2 Å². The molecule has 1 amide bonds. The lowest BCUT2D eigenvalue weighted by molar-refractivity contribution is -0.153. The summed E-state index contributed by atoms with van der Waals surface area (Å²) in [5.41, 5.74) is 0.230. The van der Waals surface area contributed by atoms with E-state index >= 15 is 0 Å². The van der Waals surface area contributed by atoms with E-state index in [4.69, 9.17) is 4.74 Å². The second kappa shape index (κ2) is 9.93. The quantitative estimate of drug-likeness (QED) is 0.403. The Morgan fingerprint density at radius 3 is 2.37 bits per heavy atom. The number of guanidine groups is 1. The summed E-state index contributed by atoms with van der Waals surface area (Å²) in [4.78, 5) is 33.7. The zero-order valence-corrected chi connectivity index (χ0v) is 18.9. The molecule has 35 heavy (non-hydrogen) atoms. The molecule has 0 spiro atoms. The molecule has 2 heterocycles. The summed E-state index contributed by atoms with van der Waals surface area (Å²) in [6.07, 6.45) is -4.43. The molecular formula is C24H24F4N4O3. The average Bonchev–Trinajstić information content (AvgIpc) is 2.84. The fourth-order valence-electron chi connectivity index (χ4n) is 4.18.